The molecule has 2 aromatic rings. The Morgan fingerprint density at radius 2 is 2.04 bits per heavy atom. The Hall–Kier alpha value is -2.18. The molecule has 1 aliphatic rings. The second-order valence-electron chi connectivity index (χ2n) is 6.62. The summed E-state index contributed by atoms with van der Waals surface area (Å²) in [6, 6.07) is 11.5. The number of anilines is 2. The van der Waals surface area contributed by atoms with Crippen LogP contribution >= 0.6 is 23.4 Å². The molecule has 1 N–H and O–H groups in total. The first kappa shape index (κ1) is 20.6. The minimum absolute atomic E-state index is 0.0323. The zero-order chi connectivity index (χ0) is 20.1. The number of ether oxygens (including phenoxy) is 1. The van der Waals surface area contributed by atoms with Crippen LogP contribution in [0.15, 0.2) is 36.4 Å². The molecule has 1 aliphatic heterocycles. The number of rotatable bonds is 6. The molecule has 0 atom stereocenters. The highest BCUT2D eigenvalue weighted by molar-refractivity contribution is 8.00. The predicted molar refractivity (Wildman–Crippen MR) is 116 cm³/mol. The van der Waals surface area contributed by atoms with Crippen LogP contribution in [-0.4, -0.2) is 37.0 Å². The van der Waals surface area contributed by atoms with Gasteiger partial charge in [0.2, 0.25) is 11.8 Å². The molecule has 0 saturated heterocycles. The fourth-order valence-corrected chi connectivity index (χ4v) is 4.06. The number of amides is 2. The maximum Gasteiger partial charge on any atom is 0.236 e. The normalized spacial score (nSPS) is 13.0. The van der Waals surface area contributed by atoms with Crippen LogP contribution in [-0.2, 0) is 16.0 Å². The number of nitrogens with zero attached hydrogens (tertiary/aromatic N) is 1. The van der Waals surface area contributed by atoms with Crippen LogP contribution in [0.2, 0.25) is 5.02 Å². The van der Waals surface area contributed by atoms with Gasteiger partial charge in [0.25, 0.3) is 0 Å². The fraction of sp³-hybridized carbons (Fsp3) is 0.333. The molecule has 0 aliphatic carbocycles. The molecular formula is C21H23ClN2O3S. The van der Waals surface area contributed by atoms with E-state index >= 15 is 0 Å². The zero-order valence-corrected chi connectivity index (χ0v) is 17.5. The molecule has 2 aromatic carbocycles. The first-order valence-corrected chi connectivity index (χ1v) is 10.6. The maximum absolute atomic E-state index is 12.6. The van der Waals surface area contributed by atoms with Crippen LogP contribution in [0.5, 0.6) is 5.75 Å². The topological polar surface area (TPSA) is 58.6 Å². The molecule has 3 rings (SSSR count). The fourth-order valence-electron chi connectivity index (χ4n) is 3.22. The Kier molecular flexibility index (Phi) is 6.86. The van der Waals surface area contributed by atoms with Crippen molar-refractivity contribution in [3.8, 4) is 5.75 Å². The molecule has 5 nitrogen and oxygen atoms in total. The quantitative estimate of drug-likeness (QED) is 0.759. The van der Waals surface area contributed by atoms with Gasteiger partial charge in [-0.1, -0.05) is 29.8 Å². The van der Waals surface area contributed by atoms with Gasteiger partial charge >= 0.3 is 0 Å². The first-order valence-electron chi connectivity index (χ1n) is 9.09. The van der Waals surface area contributed by atoms with Crippen molar-refractivity contribution in [2.75, 3.05) is 35.4 Å². The van der Waals surface area contributed by atoms with Crippen LogP contribution in [0, 0.1) is 6.92 Å². The SMILES string of the molecule is COc1cc(Cl)c(C)cc1NC(=O)CSCC(=O)N1CCCc2ccccc21. The minimum Gasteiger partial charge on any atom is -0.495 e. The lowest BCUT2D eigenvalue weighted by Crippen LogP contribution is -2.36. The molecule has 28 heavy (non-hydrogen) atoms. The van der Waals surface area contributed by atoms with E-state index in [0.717, 1.165) is 30.6 Å². The Labute approximate surface area is 174 Å². The third-order valence-electron chi connectivity index (χ3n) is 4.62. The summed E-state index contributed by atoms with van der Waals surface area (Å²) in [5, 5.41) is 3.41. The number of carbonyl (C=O) groups excluding carboxylic acids is 2. The number of nitrogens with one attached hydrogen (secondary N) is 1. The molecule has 148 valence electrons. The van der Waals surface area contributed by atoms with E-state index < -0.39 is 0 Å². The van der Waals surface area contributed by atoms with Crippen LogP contribution in [0.25, 0.3) is 0 Å². The highest BCUT2D eigenvalue weighted by Gasteiger charge is 2.22. The van der Waals surface area contributed by atoms with Crippen LogP contribution < -0.4 is 15.0 Å². The summed E-state index contributed by atoms with van der Waals surface area (Å²) in [5.41, 5.74) is 3.62. The number of fused-ring (bicyclic) bond motifs is 1. The maximum atomic E-state index is 12.6. The van der Waals surface area contributed by atoms with Gasteiger partial charge in [0.1, 0.15) is 5.75 Å². The number of halogens is 1. The number of carbonyl (C=O) groups is 2. The van der Waals surface area contributed by atoms with E-state index in [2.05, 4.69) is 11.4 Å². The lowest BCUT2D eigenvalue weighted by Gasteiger charge is -2.29. The summed E-state index contributed by atoms with van der Waals surface area (Å²) in [5.74, 6) is 0.807. The van der Waals surface area contributed by atoms with E-state index in [-0.39, 0.29) is 23.3 Å². The molecule has 0 unspecified atom stereocenters. The molecule has 2 amide bonds. The van der Waals surface area contributed by atoms with Crippen molar-refractivity contribution in [3.05, 3.63) is 52.5 Å². The van der Waals surface area contributed by atoms with Crippen LogP contribution in [0.3, 0.4) is 0 Å². The largest absolute Gasteiger partial charge is 0.495 e. The van der Waals surface area contributed by atoms with Crippen molar-refractivity contribution >= 4 is 46.6 Å². The molecule has 0 bridgehead atoms. The van der Waals surface area contributed by atoms with Gasteiger partial charge in [0.05, 0.1) is 24.3 Å². The summed E-state index contributed by atoms with van der Waals surface area (Å²) in [4.78, 5) is 26.7. The highest BCUT2D eigenvalue weighted by atomic mass is 35.5. The van der Waals surface area contributed by atoms with Crippen molar-refractivity contribution in [1.82, 2.24) is 0 Å². The Morgan fingerprint density at radius 3 is 2.82 bits per heavy atom. The number of methoxy groups -OCH3 is 1. The molecule has 7 heteroatoms. The second-order valence-corrected chi connectivity index (χ2v) is 8.01. The van der Waals surface area contributed by atoms with Crippen molar-refractivity contribution in [2.24, 2.45) is 0 Å². The van der Waals surface area contributed by atoms with Gasteiger partial charge in [-0.2, -0.15) is 0 Å². The van der Waals surface area contributed by atoms with Crippen LogP contribution in [0.4, 0.5) is 11.4 Å². The van der Waals surface area contributed by atoms with E-state index in [1.54, 1.807) is 12.1 Å². The second kappa shape index (κ2) is 9.34. The average Bonchev–Trinajstić information content (AvgIpc) is 2.70. The number of para-hydroxylation sites is 1. The smallest absolute Gasteiger partial charge is 0.236 e. The predicted octanol–water partition coefficient (Wildman–Crippen LogP) is 4.31. The van der Waals surface area contributed by atoms with E-state index in [4.69, 9.17) is 16.3 Å². The third-order valence-corrected chi connectivity index (χ3v) is 5.95. The number of hydrogen-bond acceptors (Lipinski definition) is 4. The monoisotopic (exact) mass is 418 g/mol. The average molecular weight is 419 g/mol. The summed E-state index contributed by atoms with van der Waals surface area (Å²) in [6.07, 6.45) is 1.96. The molecule has 0 spiro atoms. The van der Waals surface area contributed by atoms with E-state index in [1.807, 2.05) is 30.0 Å². The number of thioether (sulfide) groups is 1. The highest BCUT2D eigenvalue weighted by Crippen LogP contribution is 2.31. The van der Waals surface area contributed by atoms with Crippen molar-refractivity contribution < 1.29 is 14.3 Å². The number of benzene rings is 2. The lowest BCUT2D eigenvalue weighted by atomic mass is 10.0. The van der Waals surface area contributed by atoms with Gasteiger partial charge in [-0.15, -0.1) is 11.8 Å². The standard InChI is InChI=1S/C21H23ClN2O3S/c1-14-10-17(19(27-2)11-16(14)22)23-20(25)12-28-13-21(26)24-9-5-7-15-6-3-4-8-18(15)24/h3-4,6,8,10-11H,5,7,9,12-13H2,1-2H3,(H,23,25). The van der Waals surface area contributed by atoms with Crippen LogP contribution in [0.1, 0.15) is 17.5 Å². The number of hydrogen-bond donors (Lipinski definition) is 1. The Balaban J connectivity index is 1.54. The van der Waals surface area contributed by atoms with E-state index in [1.165, 1.54) is 24.4 Å². The zero-order valence-electron chi connectivity index (χ0n) is 16.0. The Bertz CT molecular complexity index is 888. The minimum atomic E-state index is -0.183. The molecular weight excluding hydrogens is 396 g/mol. The third kappa shape index (κ3) is 4.80. The van der Waals surface area contributed by atoms with E-state index in [0.29, 0.717) is 16.5 Å². The van der Waals surface area contributed by atoms with Crippen molar-refractivity contribution in [1.29, 1.82) is 0 Å². The van der Waals surface area contributed by atoms with Gasteiger partial charge < -0.3 is 15.0 Å². The van der Waals surface area contributed by atoms with E-state index in [9.17, 15) is 9.59 Å². The molecule has 0 fully saturated rings. The van der Waals surface area contributed by atoms with Gasteiger partial charge in [-0.3, -0.25) is 9.59 Å². The molecule has 0 saturated carbocycles. The Morgan fingerprint density at radius 1 is 1.25 bits per heavy atom. The summed E-state index contributed by atoms with van der Waals surface area (Å²) < 4.78 is 5.27. The molecule has 0 radical (unpaired) electrons. The lowest BCUT2D eigenvalue weighted by molar-refractivity contribution is -0.116. The summed E-state index contributed by atoms with van der Waals surface area (Å²) >= 11 is 7.40. The van der Waals surface area contributed by atoms with Gasteiger partial charge in [-0.25, -0.2) is 0 Å². The molecule has 1 heterocycles. The summed E-state index contributed by atoms with van der Waals surface area (Å²) in [7, 11) is 1.53. The van der Waals surface area contributed by atoms with Gasteiger partial charge in [0.15, 0.2) is 0 Å². The van der Waals surface area contributed by atoms with Crippen molar-refractivity contribution in [3.63, 3.8) is 0 Å². The van der Waals surface area contributed by atoms with Crippen molar-refractivity contribution in [2.45, 2.75) is 19.8 Å². The molecule has 0 aromatic heterocycles. The number of aryl methyl sites for hydroxylation is 2. The van der Waals surface area contributed by atoms with Gasteiger partial charge in [0, 0.05) is 23.3 Å². The first-order chi connectivity index (χ1) is 13.5. The summed E-state index contributed by atoms with van der Waals surface area (Å²) in [6.45, 7) is 2.59. The van der Waals surface area contributed by atoms with Gasteiger partial charge in [-0.05, 0) is 43.0 Å².